The molecule has 5 rings (SSSR count). The second-order valence-electron chi connectivity index (χ2n) is 10.5. The highest BCUT2D eigenvalue weighted by Crippen LogP contribution is 2.67. The van der Waals surface area contributed by atoms with Crippen LogP contribution in [0, 0.1) is 34.5 Å². The summed E-state index contributed by atoms with van der Waals surface area (Å²) in [6, 6.07) is 0. The lowest BCUT2D eigenvalue weighted by Gasteiger charge is -2.60. The molecule has 0 aliphatic heterocycles. The highest BCUT2D eigenvalue weighted by atomic mass is 16.3. The van der Waals surface area contributed by atoms with Gasteiger partial charge in [-0.3, -0.25) is 5.10 Å². The van der Waals surface area contributed by atoms with Crippen molar-refractivity contribution in [3.05, 3.63) is 17.5 Å². The zero-order valence-electron chi connectivity index (χ0n) is 17.6. The van der Waals surface area contributed by atoms with Crippen molar-refractivity contribution in [1.82, 2.24) is 10.2 Å². The molecule has 0 bridgehead atoms. The van der Waals surface area contributed by atoms with Gasteiger partial charge in [0.05, 0.1) is 11.8 Å². The zero-order valence-corrected chi connectivity index (χ0v) is 17.6. The number of aliphatic hydroxyl groups is 2. The third kappa shape index (κ3) is 2.73. The van der Waals surface area contributed by atoms with E-state index in [0.717, 1.165) is 30.1 Å². The van der Waals surface area contributed by atoms with Crippen LogP contribution in [0.25, 0.3) is 0 Å². The molecule has 152 valence electrons. The zero-order chi connectivity index (χ0) is 19.4. The van der Waals surface area contributed by atoms with E-state index in [1.807, 2.05) is 0 Å². The lowest BCUT2D eigenvalue weighted by Crippen LogP contribution is -2.56. The van der Waals surface area contributed by atoms with Gasteiger partial charge in [-0.05, 0) is 105 Å². The number of hydrogen-bond acceptors (Lipinski definition) is 3. The van der Waals surface area contributed by atoms with Gasteiger partial charge in [0, 0.05) is 12.3 Å². The number of H-pyrrole nitrogens is 1. The normalized spacial score (nSPS) is 47.8. The number of rotatable bonds is 0. The molecule has 4 aliphatic rings. The number of nitrogens with one attached hydrogen (secondary N) is 1. The maximum Gasteiger partial charge on any atom is 0.0675 e. The van der Waals surface area contributed by atoms with Crippen LogP contribution in [0.4, 0.5) is 0 Å². The van der Waals surface area contributed by atoms with Gasteiger partial charge < -0.3 is 10.2 Å². The summed E-state index contributed by atoms with van der Waals surface area (Å²) in [4.78, 5) is 0. The third-order valence-electron chi connectivity index (χ3n) is 9.46. The summed E-state index contributed by atoms with van der Waals surface area (Å²) in [5.41, 5.74) is 3.01. The average Bonchev–Trinajstić information content (AvgIpc) is 3.14. The Hall–Kier alpha value is -0.870. The van der Waals surface area contributed by atoms with Gasteiger partial charge in [0.15, 0.2) is 0 Å². The molecule has 3 saturated carbocycles. The molecule has 4 heteroatoms. The Bertz CT molecular complexity index is 684. The second-order valence-corrected chi connectivity index (χ2v) is 10.5. The lowest BCUT2D eigenvalue weighted by molar-refractivity contribution is -0.139. The van der Waals surface area contributed by atoms with Crippen LogP contribution in [0.3, 0.4) is 0 Å². The van der Waals surface area contributed by atoms with Gasteiger partial charge in [-0.25, -0.2) is 0 Å². The number of aromatic amines is 1. The van der Waals surface area contributed by atoms with Crippen molar-refractivity contribution in [2.24, 2.45) is 34.5 Å². The first-order valence-electron chi connectivity index (χ1n) is 11.1. The van der Waals surface area contributed by atoms with Crippen LogP contribution in [-0.4, -0.2) is 32.6 Å². The maximum absolute atomic E-state index is 11.0. The van der Waals surface area contributed by atoms with Crippen molar-refractivity contribution < 1.29 is 10.2 Å². The molecule has 1 heterocycles. The van der Waals surface area contributed by atoms with Crippen LogP contribution >= 0.6 is 0 Å². The molecule has 0 amide bonds. The highest BCUT2D eigenvalue weighted by Gasteiger charge is 2.63. The molecule has 0 spiro atoms. The molecular formula is C23H38N2O2. The minimum Gasteiger partial charge on any atom is -0.397 e. The molecule has 3 N–H and O–H groups in total. The molecule has 7 atom stereocenters. The van der Waals surface area contributed by atoms with Gasteiger partial charge in [-0.15, -0.1) is 0 Å². The van der Waals surface area contributed by atoms with Crippen LogP contribution in [0.5, 0.6) is 0 Å². The standard InChI is InChI=1S/C21H32N2O.C2H6O/c1-19-11-13-12-22-23-18(13)10-14(19)4-5-15-16(19)6-8-20(2)17(15)7-9-21(20,3)24;1-2-3/h12,14-17,24H,4-11H2,1-3H3,(H,22,23);3H,2H2,1H3. The van der Waals surface area contributed by atoms with Gasteiger partial charge in [-0.2, -0.15) is 5.10 Å². The van der Waals surface area contributed by atoms with E-state index >= 15 is 0 Å². The Morgan fingerprint density at radius 1 is 1.11 bits per heavy atom. The summed E-state index contributed by atoms with van der Waals surface area (Å²) in [5.74, 6) is 3.21. The Morgan fingerprint density at radius 2 is 1.81 bits per heavy atom. The third-order valence-corrected chi connectivity index (χ3v) is 9.46. The Kier molecular flexibility index (Phi) is 4.74. The first-order chi connectivity index (χ1) is 12.8. The Labute approximate surface area is 164 Å². The molecule has 4 aliphatic carbocycles. The smallest absolute Gasteiger partial charge is 0.0675 e. The van der Waals surface area contributed by atoms with Crippen LogP contribution in [-0.2, 0) is 12.8 Å². The lowest BCUT2D eigenvalue weighted by atomic mass is 9.44. The fraction of sp³-hybridized carbons (Fsp3) is 0.870. The molecular weight excluding hydrogens is 336 g/mol. The first kappa shape index (κ1) is 19.4. The van der Waals surface area contributed by atoms with Gasteiger partial charge >= 0.3 is 0 Å². The van der Waals surface area contributed by atoms with Crippen LogP contribution in [0.1, 0.15) is 77.5 Å². The van der Waals surface area contributed by atoms with Crippen molar-refractivity contribution in [3.8, 4) is 0 Å². The molecule has 0 saturated heterocycles. The fourth-order valence-electron chi connectivity index (χ4n) is 7.71. The molecule has 27 heavy (non-hydrogen) atoms. The number of aromatic nitrogens is 2. The number of nitrogens with zero attached hydrogens (tertiary/aromatic N) is 1. The predicted octanol–water partition coefficient (Wildman–Crippen LogP) is 4.12. The van der Waals surface area contributed by atoms with Gasteiger partial charge in [0.2, 0.25) is 0 Å². The Morgan fingerprint density at radius 3 is 2.56 bits per heavy atom. The van der Waals surface area contributed by atoms with Crippen molar-refractivity contribution >= 4 is 0 Å². The van der Waals surface area contributed by atoms with Crippen molar-refractivity contribution in [1.29, 1.82) is 0 Å². The monoisotopic (exact) mass is 374 g/mol. The van der Waals surface area contributed by atoms with E-state index in [9.17, 15) is 5.11 Å². The largest absolute Gasteiger partial charge is 0.397 e. The Balaban J connectivity index is 0.000000565. The summed E-state index contributed by atoms with van der Waals surface area (Å²) < 4.78 is 0. The number of hydrogen-bond donors (Lipinski definition) is 3. The van der Waals surface area contributed by atoms with Gasteiger partial charge in [0.25, 0.3) is 0 Å². The molecule has 4 nitrogen and oxygen atoms in total. The molecule has 3 fully saturated rings. The van der Waals surface area contributed by atoms with Crippen LogP contribution in [0.2, 0.25) is 0 Å². The van der Waals surface area contributed by atoms with Crippen molar-refractivity contribution in [3.63, 3.8) is 0 Å². The summed E-state index contributed by atoms with van der Waals surface area (Å²) in [5, 5.41) is 26.2. The number of fused-ring (bicyclic) bond motifs is 6. The van der Waals surface area contributed by atoms with E-state index in [0.29, 0.717) is 5.41 Å². The van der Waals surface area contributed by atoms with Crippen LogP contribution in [0.15, 0.2) is 6.20 Å². The average molecular weight is 375 g/mol. The van der Waals surface area contributed by atoms with Crippen molar-refractivity contribution in [2.45, 2.75) is 84.7 Å². The second kappa shape index (κ2) is 6.59. The number of aliphatic hydroxyl groups excluding tert-OH is 1. The highest BCUT2D eigenvalue weighted by molar-refractivity contribution is 5.26. The molecule has 1 aromatic rings. The summed E-state index contributed by atoms with van der Waals surface area (Å²) in [7, 11) is 0. The minimum atomic E-state index is -0.454. The summed E-state index contributed by atoms with van der Waals surface area (Å²) >= 11 is 0. The minimum absolute atomic E-state index is 0.146. The molecule has 7 unspecified atom stereocenters. The molecule has 0 aromatic carbocycles. The van der Waals surface area contributed by atoms with Gasteiger partial charge in [0.1, 0.15) is 0 Å². The van der Waals surface area contributed by atoms with E-state index in [2.05, 4.69) is 37.2 Å². The van der Waals surface area contributed by atoms with Gasteiger partial charge in [-0.1, -0.05) is 13.8 Å². The summed E-state index contributed by atoms with van der Waals surface area (Å²) in [6.45, 7) is 9.02. The maximum atomic E-state index is 11.0. The topological polar surface area (TPSA) is 69.1 Å². The summed E-state index contributed by atoms with van der Waals surface area (Å²) in [6.07, 6.45) is 12.0. The van der Waals surface area contributed by atoms with E-state index < -0.39 is 5.60 Å². The molecule has 0 radical (unpaired) electrons. The van der Waals surface area contributed by atoms with Crippen LogP contribution < -0.4 is 0 Å². The van der Waals surface area contributed by atoms with E-state index in [4.69, 9.17) is 5.11 Å². The van der Waals surface area contributed by atoms with E-state index in [1.54, 1.807) is 6.92 Å². The quantitative estimate of drug-likeness (QED) is 0.640. The van der Waals surface area contributed by atoms with Crippen molar-refractivity contribution in [2.75, 3.05) is 6.61 Å². The van der Waals surface area contributed by atoms with E-state index in [1.165, 1.54) is 56.2 Å². The predicted molar refractivity (Wildman–Crippen MR) is 107 cm³/mol. The van der Waals surface area contributed by atoms with E-state index in [-0.39, 0.29) is 12.0 Å². The SMILES string of the molecule is CC12Cc3cn[nH]c3CC1CCC1C2CCC2(C)C1CCC2(C)O.CCO. The molecule has 1 aromatic heterocycles. The fourth-order valence-corrected chi connectivity index (χ4v) is 7.71. The first-order valence-corrected chi connectivity index (χ1v) is 11.1.